The molecule has 0 heterocycles. The van der Waals surface area contributed by atoms with Gasteiger partial charge in [0, 0.05) is 5.56 Å². The van der Waals surface area contributed by atoms with Gasteiger partial charge in [-0.25, -0.2) is 0 Å². The van der Waals surface area contributed by atoms with Gasteiger partial charge in [-0.1, -0.05) is 43.7 Å². The first-order valence-electron chi connectivity index (χ1n) is 4.99. The van der Waals surface area contributed by atoms with Crippen LogP contribution in [0.15, 0.2) is 30.3 Å². The zero-order chi connectivity index (χ0) is 11.3. The van der Waals surface area contributed by atoms with Gasteiger partial charge < -0.3 is 5.11 Å². The Morgan fingerprint density at radius 1 is 1.25 bits per heavy atom. The molecule has 0 spiro atoms. The van der Waals surface area contributed by atoms with Crippen molar-refractivity contribution >= 4 is 41.3 Å². The van der Waals surface area contributed by atoms with Crippen LogP contribution in [-0.2, 0) is 4.79 Å². The maximum absolute atomic E-state index is 11.8. The number of ketones is 1. The van der Waals surface area contributed by atoms with E-state index in [0.717, 1.165) is 0 Å². The van der Waals surface area contributed by atoms with Crippen molar-refractivity contribution in [2.75, 3.05) is 0 Å². The third-order valence-electron chi connectivity index (χ3n) is 2.25. The first-order valence-corrected chi connectivity index (χ1v) is 4.99. The molecule has 0 aliphatic heterocycles. The van der Waals surface area contributed by atoms with Crippen molar-refractivity contribution < 1.29 is 14.7 Å². The molecule has 0 radical (unpaired) electrons. The van der Waals surface area contributed by atoms with Gasteiger partial charge in [0.15, 0.2) is 5.78 Å². The van der Waals surface area contributed by atoms with Crippen LogP contribution in [0, 0.1) is 5.92 Å². The second-order valence-corrected chi connectivity index (χ2v) is 3.41. The van der Waals surface area contributed by atoms with E-state index in [1.807, 2.05) is 6.92 Å². The number of Topliss-reactive ketones (excluding diaryl/α,β-unsaturated/α-hetero) is 1. The van der Waals surface area contributed by atoms with Gasteiger partial charge in [0.05, 0.1) is 0 Å². The first kappa shape index (κ1) is 15.4. The molecule has 16 heavy (non-hydrogen) atoms. The molecule has 1 aromatic carbocycles. The van der Waals surface area contributed by atoms with E-state index in [1.165, 1.54) is 0 Å². The normalized spacial score (nSPS) is 11.3. The summed E-state index contributed by atoms with van der Waals surface area (Å²) in [7, 11) is 0. The standard InChI is InChI=1S/C12H14O3.Na.H/c1-2-6-10(12(14)15)11(13)9-7-4-3-5-8-9;;/h3-5,7-8,10H,2,6H2,1H3,(H,14,15);;. The number of rotatable bonds is 5. The maximum atomic E-state index is 11.8. The molecule has 4 heteroatoms. The van der Waals surface area contributed by atoms with Gasteiger partial charge in [0.1, 0.15) is 5.92 Å². The molecule has 0 aliphatic rings. The van der Waals surface area contributed by atoms with E-state index in [1.54, 1.807) is 30.3 Å². The predicted octanol–water partition coefficient (Wildman–Crippen LogP) is 1.72. The van der Waals surface area contributed by atoms with Gasteiger partial charge in [-0.05, 0) is 6.42 Å². The zero-order valence-electron chi connectivity index (χ0n) is 8.64. The van der Waals surface area contributed by atoms with Crippen molar-refractivity contribution in [3.63, 3.8) is 0 Å². The van der Waals surface area contributed by atoms with E-state index in [-0.39, 0.29) is 35.3 Å². The quantitative estimate of drug-likeness (QED) is 0.476. The Balaban J connectivity index is 0.00000225. The van der Waals surface area contributed by atoms with Crippen molar-refractivity contribution in [1.29, 1.82) is 0 Å². The second-order valence-electron chi connectivity index (χ2n) is 3.41. The van der Waals surface area contributed by atoms with Crippen LogP contribution in [0.4, 0.5) is 0 Å². The van der Waals surface area contributed by atoms with Gasteiger partial charge in [-0.3, -0.25) is 9.59 Å². The molecule has 1 unspecified atom stereocenters. The van der Waals surface area contributed by atoms with Gasteiger partial charge in [-0.2, -0.15) is 0 Å². The molecule has 1 atom stereocenters. The molecule has 82 valence electrons. The third-order valence-corrected chi connectivity index (χ3v) is 2.25. The number of benzene rings is 1. The SMILES string of the molecule is CCCC(C(=O)O)C(=O)c1ccccc1.[NaH]. The summed E-state index contributed by atoms with van der Waals surface area (Å²) in [6.07, 6.45) is 1.08. The molecule has 1 N–H and O–H groups in total. The Labute approximate surface area is 117 Å². The topological polar surface area (TPSA) is 54.4 Å². The summed E-state index contributed by atoms with van der Waals surface area (Å²) < 4.78 is 0. The van der Waals surface area contributed by atoms with E-state index in [9.17, 15) is 9.59 Å². The minimum absolute atomic E-state index is 0. The van der Waals surface area contributed by atoms with Gasteiger partial charge in [-0.15, -0.1) is 0 Å². The molecule has 0 saturated heterocycles. The molecule has 0 fully saturated rings. The fourth-order valence-electron chi connectivity index (χ4n) is 1.46. The Bertz CT molecular complexity index is 349. The van der Waals surface area contributed by atoms with Crippen molar-refractivity contribution in [1.82, 2.24) is 0 Å². The predicted molar refractivity (Wildman–Crippen MR) is 64.0 cm³/mol. The van der Waals surface area contributed by atoms with Crippen molar-refractivity contribution in [2.24, 2.45) is 5.92 Å². The molecule has 0 aliphatic carbocycles. The molecule has 0 amide bonds. The van der Waals surface area contributed by atoms with Gasteiger partial charge in [0.25, 0.3) is 0 Å². The Kier molecular flexibility index (Phi) is 7.30. The molecular weight excluding hydrogens is 215 g/mol. The minimum atomic E-state index is -1.04. The summed E-state index contributed by atoms with van der Waals surface area (Å²) in [6.45, 7) is 1.87. The first-order chi connectivity index (χ1) is 7.16. The number of carboxylic acid groups (broad SMARTS) is 1. The summed E-state index contributed by atoms with van der Waals surface area (Å²) in [6, 6.07) is 8.56. The van der Waals surface area contributed by atoms with Crippen LogP contribution in [0.1, 0.15) is 30.1 Å². The fourth-order valence-corrected chi connectivity index (χ4v) is 1.46. The number of carbonyl (C=O) groups is 2. The number of hydrogen-bond donors (Lipinski definition) is 1. The number of hydrogen-bond acceptors (Lipinski definition) is 2. The number of aliphatic carboxylic acids is 1. The van der Waals surface area contributed by atoms with Crippen LogP contribution in [0.5, 0.6) is 0 Å². The fraction of sp³-hybridized carbons (Fsp3) is 0.333. The average Bonchev–Trinajstić information content (AvgIpc) is 2.26. The molecule has 0 aromatic heterocycles. The van der Waals surface area contributed by atoms with Crippen LogP contribution in [0.3, 0.4) is 0 Å². The van der Waals surface area contributed by atoms with Crippen molar-refractivity contribution in [3.05, 3.63) is 35.9 Å². The molecular formula is C12H15NaO3. The molecule has 1 rings (SSSR count). The van der Waals surface area contributed by atoms with Crippen LogP contribution in [0.2, 0.25) is 0 Å². The van der Waals surface area contributed by atoms with Crippen LogP contribution in [-0.4, -0.2) is 46.4 Å². The second kappa shape index (κ2) is 7.60. The van der Waals surface area contributed by atoms with E-state index >= 15 is 0 Å². The summed E-state index contributed by atoms with van der Waals surface area (Å²) in [5.74, 6) is -2.24. The Morgan fingerprint density at radius 3 is 2.25 bits per heavy atom. The van der Waals surface area contributed by atoms with E-state index in [4.69, 9.17) is 5.11 Å². The molecule has 0 saturated carbocycles. The summed E-state index contributed by atoms with van der Waals surface area (Å²) >= 11 is 0. The number of carboxylic acids is 1. The van der Waals surface area contributed by atoms with Crippen molar-refractivity contribution in [2.45, 2.75) is 19.8 Å². The summed E-state index contributed by atoms with van der Waals surface area (Å²) in [5, 5.41) is 8.92. The van der Waals surface area contributed by atoms with Crippen molar-refractivity contribution in [3.8, 4) is 0 Å². The zero-order valence-corrected chi connectivity index (χ0v) is 8.64. The van der Waals surface area contributed by atoms with Crippen LogP contribution >= 0.6 is 0 Å². The van der Waals surface area contributed by atoms with E-state index < -0.39 is 11.9 Å². The summed E-state index contributed by atoms with van der Waals surface area (Å²) in [4.78, 5) is 22.7. The van der Waals surface area contributed by atoms with E-state index in [0.29, 0.717) is 18.4 Å². The average molecular weight is 230 g/mol. The molecule has 1 aromatic rings. The molecule has 3 nitrogen and oxygen atoms in total. The molecule has 0 bridgehead atoms. The third kappa shape index (κ3) is 4.08. The van der Waals surface area contributed by atoms with Gasteiger partial charge >= 0.3 is 35.5 Å². The van der Waals surface area contributed by atoms with E-state index in [2.05, 4.69) is 0 Å². The van der Waals surface area contributed by atoms with Gasteiger partial charge in [0.2, 0.25) is 0 Å². The Hall–Kier alpha value is -0.640. The monoisotopic (exact) mass is 230 g/mol. The number of carbonyl (C=O) groups excluding carboxylic acids is 1. The Morgan fingerprint density at radius 2 is 1.81 bits per heavy atom. The van der Waals surface area contributed by atoms with Crippen LogP contribution < -0.4 is 0 Å². The van der Waals surface area contributed by atoms with Crippen LogP contribution in [0.25, 0.3) is 0 Å². The summed E-state index contributed by atoms with van der Waals surface area (Å²) in [5.41, 5.74) is 0.471.